The Morgan fingerprint density at radius 2 is 1.69 bits per heavy atom. The van der Waals surface area contributed by atoms with Crippen molar-refractivity contribution in [3.05, 3.63) is 95.3 Å². The van der Waals surface area contributed by atoms with Crippen molar-refractivity contribution in [2.45, 2.75) is 25.8 Å². The molecule has 0 aromatic heterocycles. The van der Waals surface area contributed by atoms with Crippen molar-refractivity contribution >= 4 is 23.1 Å². The topological polar surface area (TPSA) is 90.3 Å². The molecular formula is C29H30N2O5. The standard InChI is InChI=1S/C29H30N2O5/c1-4-36-25-18-20(11-17-23(25)32)27-26(24(33)16-10-19-8-6-5-7-9-19)28(34)29(35)31(27)22-14-12-21(13-15-22)30(2)3/h5-9,11-15,17-18,27,32,34H,4,10,16H2,1-3H3. The Morgan fingerprint density at radius 3 is 2.33 bits per heavy atom. The van der Waals surface area contributed by atoms with Crippen LogP contribution in [0.3, 0.4) is 0 Å². The van der Waals surface area contributed by atoms with Gasteiger partial charge in [0.1, 0.15) is 0 Å². The summed E-state index contributed by atoms with van der Waals surface area (Å²) in [6.07, 6.45) is 0.617. The summed E-state index contributed by atoms with van der Waals surface area (Å²) >= 11 is 0. The van der Waals surface area contributed by atoms with Crippen LogP contribution in [0.2, 0.25) is 0 Å². The van der Waals surface area contributed by atoms with Crippen LogP contribution in [0.5, 0.6) is 11.5 Å². The molecule has 0 spiro atoms. The molecule has 186 valence electrons. The first kappa shape index (κ1) is 24.9. The maximum atomic E-state index is 13.5. The first-order valence-electron chi connectivity index (χ1n) is 11.9. The van der Waals surface area contributed by atoms with Crippen molar-refractivity contribution in [2.24, 2.45) is 0 Å². The summed E-state index contributed by atoms with van der Waals surface area (Å²) in [6, 6.07) is 20.8. The van der Waals surface area contributed by atoms with Gasteiger partial charge in [0, 0.05) is 31.9 Å². The molecular weight excluding hydrogens is 456 g/mol. The third-order valence-electron chi connectivity index (χ3n) is 6.24. The molecule has 1 aliphatic heterocycles. The number of carbonyl (C=O) groups excluding carboxylic acids is 2. The molecule has 0 radical (unpaired) electrons. The van der Waals surface area contributed by atoms with Gasteiger partial charge in [-0.1, -0.05) is 36.4 Å². The number of aromatic hydroxyl groups is 1. The van der Waals surface area contributed by atoms with Crippen LogP contribution in [-0.4, -0.2) is 42.6 Å². The summed E-state index contributed by atoms with van der Waals surface area (Å²) in [5.41, 5.74) is 3.07. The van der Waals surface area contributed by atoms with Gasteiger partial charge >= 0.3 is 0 Å². The van der Waals surface area contributed by atoms with E-state index in [1.54, 1.807) is 31.2 Å². The van der Waals surface area contributed by atoms with E-state index in [2.05, 4.69) is 0 Å². The molecule has 1 amide bonds. The molecule has 36 heavy (non-hydrogen) atoms. The molecule has 0 aliphatic carbocycles. The van der Waals surface area contributed by atoms with Gasteiger partial charge in [-0.2, -0.15) is 0 Å². The van der Waals surface area contributed by atoms with E-state index in [-0.39, 0.29) is 29.3 Å². The van der Waals surface area contributed by atoms with Crippen molar-refractivity contribution in [1.82, 2.24) is 0 Å². The van der Waals surface area contributed by atoms with Crippen LogP contribution in [0.1, 0.15) is 30.5 Å². The number of aryl methyl sites for hydroxylation is 1. The summed E-state index contributed by atoms with van der Waals surface area (Å²) in [5.74, 6) is -1.31. The van der Waals surface area contributed by atoms with Crippen molar-refractivity contribution in [3.63, 3.8) is 0 Å². The van der Waals surface area contributed by atoms with Gasteiger partial charge in [-0.15, -0.1) is 0 Å². The second kappa shape index (κ2) is 10.6. The Hall–Kier alpha value is -4.26. The molecule has 7 nitrogen and oxygen atoms in total. The van der Waals surface area contributed by atoms with E-state index in [1.165, 1.54) is 11.0 Å². The quantitative estimate of drug-likeness (QED) is 0.444. The minimum Gasteiger partial charge on any atom is -0.504 e. The van der Waals surface area contributed by atoms with E-state index in [0.717, 1.165) is 11.3 Å². The molecule has 1 atom stereocenters. The second-order valence-corrected chi connectivity index (χ2v) is 8.82. The number of phenols is 1. The van der Waals surface area contributed by atoms with Gasteiger partial charge < -0.3 is 19.8 Å². The second-order valence-electron chi connectivity index (χ2n) is 8.82. The van der Waals surface area contributed by atoms with Crippen molar-refractivity contribution in [1.29, 1.82) is 0 Å². The number of aliphatic hydroxyl groups excluding tert-OH is 1. The number of aliphatic hydroxyl groups is 1. The fourth-order valence-corrected chi connectivity index (χ4v) is 4.39. The normalized spacial score (nSPS) is 15.4. The van der Waals surface area contributed by atoms with Crippen LogP contribution in [0.25, 0.3) is 0 Å². The largest absolute Gasteiger partial charge is 0.504 e. The van der Waals surface area contributed by atoms with Crippen LogP contribution >= 0.6 is 0 Å². The number of amides is 1. The number of phenolic OH excluding ortho intramolecular Hbond substituents is 1. The third-order valence-corrected chi connectivity index (χ3v) is 6.24. The van der Waals surface area contributed by atoms with Crippen molar-refractivity contribution in [3.8, 4) is 11.5 Å². The highest BCUT2D eigenvalue weighted by molar-refractivity contribution is 6.16. The summed E-state index contributed by atoms with van der Waals surface area (Å²) in [7, 11) is 3.84. The van der Waals surface area contributed by atoms with Gasteiger partial charge in [0.2, 0.25) is 0 Å². The van der Waals surface area contributed by atoms with Gasteiger partial charge in [0.15, 0.2) is 23.0 Å². The number of benzene rings is 3. The van der Waals surface area contributed by atoms with E-state index in [9.17, 15) is 19.8 Å². The minimum atomic E-state index is -0.870. The van der Waals surface area contributed by atoms with Gasteiger partial charge in [-0.25, -0.2) is 0 Å². The number of hydrogen-bond donors (Lipinski definition) is 2. The predicted molar refractivity (Wildman–Crippen MR) is 140 cm³/mol. The van der Waals surface area contributed by atoms with Crippen LogP contribution in [-0.2, 0) is 16.0 Å². The lowest BCUT2D eigenvalue weighted by Crippen LogP contribution is -2.31. The lowest BCUT2D eigenvalue weighted by atomic mass is 9.92. The molecule has 0 saturated heterocycles. The molecule has 7 heteroatoms. The number of hydrogen-bond acceptors (Lipinski definition) is 6. The number of nitrogens with zero attached hydrogens (tertiary/aromatic N) is 2. The maximum absolute atomic E-state index is 13.5. The summed E-state index contributed by atoms with van der Waals surface area (Å²) in [4.78, 5) is 30.2. The summed E-state index contributed by atoms with van der Waals surface area (Å²) in [5, 5.41) is 21.2. The fourth-order valence-electron chi connectivity index (χ4n) is 4.39. The molecule has 3 aromatic rings. The monoisotopic (exact) mass is 486 g/mol. The lowest BCUT2D eigenvalue weighted by molar-refractivity contribution is -0.118. The first-order valence-corrected chi connectivity index (χ1v) is 11.9. The Bertz CT molecular complexity index is 1280. The van der Waals surface area contributed by atoms with Crippen molar-refractivity contribution < 1.29 is 24.5 Å². The number of carbonyl (C=O) groups is 2. The molecule has 1 unspecified atom stereocenters. The maximum Gasteiger partial charge on any atom is 0.294 e. The SMILES string of the molecule is CCOc1cc(C2C(C(=O)CCc3ccccc3)=C(O)C(=O)N2c2ccc(N(C)C)cc2)ccc1O. The van der Waals surface area contributed by atoms with E-state index < -0.39 is 17.7 Å². The molecule has 0 fully saturated rings. The van der Waals surface area contributed by atoms with Gasteiger partial charge in [0.05, 0.1) is 18.2 Å². The molecule has 4 rings (SSSR count). The smallest absolute Gasteiger partial charge is 0.294 e. The van der Waals surface area contributed by atoms with Crippen LogP contribution in [0, 0.1) is 0 Å². The first-order chi connectivity index (χ1) is 17.3. The van der Waals surface area contributed by atoms with E-state index in [1.807, 2.05) is 61.5 Å². The molecule has 0 saturated carbocycles. The highest BCUT2D eigenvalue weighted by Crippen LogP contribution is 2.43. The van der Waals surface area contributed by atoms with Crippen LogP contribution < -0.4 is 14.5 Å². The Labute approximate surface area is 210 Å². The average molecular weight is 487 g/mol. The lowest BCUT2D eigenvalue weighted by Gasteiger charge is -2.28. The van der Waals surface area contributed by atoms with Gasteiger partial charge in [-0.05, 0) is 60.9 Å². The number of ether oxygens (including phenoxy) is 1. The third kappa shape index (κ3) is 4.91. The zero-order valence-electron chi connectivity index (χ0n) is 20.6. The Kier molecular flexibility index (Phi) is 7.29. The molecule has 1 heterocycles. The zero-order chi connectivity index (χ0) is 25.8. The van der Waals surface area contributed by atoms with Crippen molar-refractivity contribution in [2.75, 3.05) is 30.5 Å². The molecule has 3 aromatic carbocycles. The molecule has 2 N–H and O–H groups in total. The van der Waals surface area contributed by atoms with Crippen LogP contribution in [0.4, 0.5) is 11.4 Å². The number of ketones is 1. The van der Waals surface area contributed by atoms with E-state index in [0.29, 0.717) is 24.3 Å². The Balaban J connectivity index is 1.76. The number of anilines is 2. The highest BCUT2D eigenvalue weighted by atomic mass is 16.5. The Morgan fingerprint density at radius 1 is 1.00 bits per heavy atom. The number of rotatable bonds is 9. The minimum absolute atomic E-state index is 0.0424. The summed E-state index contributed by atoms with van der Waals surface area (Å²) in [6.45, 7) is 2.13. The average Bonchev–Trinajstić information content (AvgIpc) is 3.15. The van der Waals surface area contributed by atoms with E-state index >= 15 is 0 Å². The van der Waals surface area contributed by atoms with Gasteiger partial charge in [-0.3, -0.25) is 14.5 Å². The molecule has 1 aliphatic rings. The van der Waals surface area contributed by atoms with Gasteiger partial charge in [0.25, 0.3) is 5.91 Å². The predicted octanol–water partition coefficient (Wildman–Crippen LogP) is 4.96. The fraction of sp³-hybridized carbons (Fsp3) is 0.241. The van der Waals surface area contributed by atoms with E-state index in [4.69, 9.17) is 4.74 Å². The number of Topliss-reactive ketones (excluding diaryl/α,β-unsaturated/α-hetero) is 1. The molecule has 0 bridgehead atoms. The van der Waals surface area contributed by atoms with Crippen LogP contribution in [0.15, 0.2) is 84.1 Å². The zero-order valence-corrected chi connectivity index (χ0v) is 20.6. The highest BCUT2D eigenvalue weighted by Gasteiger charge is 2.44. The summed E-state index contributed by atoms with van der Waals surface area (Å²) < 4.78 is 5.55.